The minimum absolute atomic E-state index is 0.0471. The molecule has 130 valence electrons. The normalized spacial score (nSPS) is 22.0. The minimum Gasteiger partial charge on any atom is -0.391 e. The molecule has 0 aromatic carbocycles. The molecule has 1 N–H and O–H groups in total. The second kappa shape index (κ2) is 10.2. The van der Waals surface area contributed by atoms with Crippen LogP contribution in [-0.2, 0) is 9.53 Å². The number of rotatable bonds is 10. The zero-order valence-corrected chi connectivity index (χ0v) is 14.9. The van der Waals surface area contributed by atoms with Crippen LogP contribution in [0.5, 0.6) is 0 Å². The smallest absolute Gasteiger partial charge is 0.222 e. The van der Waals surface area contributed by atoms with E-state index in [9.17, 15) is 9.90 Å². The lowest BCUT2D eigenvalue weighted by Gasteiger charge is -2.25. The van der Waals surface area contributed by atoms with Crippen molar-refractivity contribution < 1.29 is 14.6 Å². The van der Waals surface area contributed by atoms with Crippen molar-refractivity contribution in [2.24, 2.45) is 5.92 Å². The topological polar surface area (TPSA) is 49.8 Å². The molecule has 1 rings (SSSR count). The molecule has 22 heavy (non-hydrogen) atoms. The Bertz CT molecular complexity index is 317. The summed E-state index contributed by atoms with van der Waals surface area (Å²) < 4.78 is 5.63. The summed E-state index contributed by atoms with van der Waals surface area (Å²) in [6.07, 6.45) is 6.86. The lowest BCUT2D eigenvalue weighted by Crippen LogP contribution is -2.39. The number of aliphatic hydroxyl groups excluding tert-OH is 1. The van der Waals surface area contributed by atoms with Crippen LogP contribution in [0.1, 0.15) is 72.6 Å². The first-order chi connectivity index (χ1) is 10.4. The molecule has 0 aromatic heterocycles. The molecule has 1 fully saturated rings. The fourth-order valence-corrected chi connectivity index (χ4v) is 2.98. The van der Waals surface area contributed by atoms with Gasteiger partial charge in [-0.05, 0) is 32.6 Å². The number of likely N-dealkylation sites (tertiary alicyclic amines) is 1. The van der Waals surface area contributed by atoms with Crippen molar-refractivity contribution in [3.05, 3.63) is 0 Å². The lowest BCUT2D eigenvalue weighted by molar-refractivity contribution is -0.133. The van der Waals surface area contributed by atoms with Crippen LogP contribution in [0, 0.1) is 5.92 Å². The van der Waals surface area contributed by atoms with Crippen LogP contribution in [0.25, 0.3) is 0 Å². The average Bonchev–Trinajstić information content (AvgIpc) is 2.81. The van der Waals surface area contributed by atoms with Crippen molar-refractivity contribution in [1.29, 1.82) is 0 Å². The van der Waals surface area contributed by atoms with Crippen molar-refractivity contribution in [1.82, 2.24) is 4.90 Å². The predicted molar refractivity (Wildman–Crippen MR) is 89.8 cm³/mol. The standard InChI is InChI=1S/C18H35NO3/c1-14(2)9-7-5-6-8-10-18(21)19-12-17(20)11-16(19)13-22-15(3)4/h14-17,20H,5-13H2,1-4H3/t16-,17-/m0/s1. The molecule has 0 radical (unpaired) electrons. The van der Waals surface area contributed by atoms with Crippen LogP contribution >= 0.6 is 0 Å². The molecule has 0 saturated carbocycles. The van der Waals surface area contributed by atoms with E-state index in [1.54, 1.807) is 0 Å². The van der Waals surface area contributed by atoms with Gasteiger partial charge in [-0.15, -0.1) is 0 Å². The average molecular weight is 313 g/mol. The first kappa shape index (κ1) is 19.4. The van der Waals surface area contributed by atoms with Crippen molar-refractivity contribution in [2.45, 2.75) is 90.9 Å². The number of β-amino-alcohol motifs (C(OH)–C–C–N with tert-alkyl or cyclic N) is 1. The highest BCUT2D eigenvalue weighted by Crippen LogP contribution is 2.21. The highest BCUT2D eigenvalue weighted by Gasteiger charge is 2.34. The summed E-state index contributed by atoms with van der Waals surface area (Å²) in [7, 11) is 0. The molecule has 0 aliphatic carbocycles. The van der Waals surface area contributed by atoms with E-state index in [4.69, 9.17) is 4.74 Å². The Hall–Kier alpha value is -0.610. The quantitative estimate of drug-likeness (QED) is 0.629. The fraction of sp³-hybridized carbons (Fsp3) is 0.944. The van der Waals surface area contributed by atoms with Crippen molar-refractivity contribution in [3.8, 4) is 0 Å². The number of hydrogen-bond donors (Lipinski definition) is 1. The van der Waals surface area contributed by atoms with E-state index in [1.165, 1.54) is 19.3 Å². The summed E-state index contributed by atoms with van der Waals surface area (Å²) >= 11 is 0. The predicted octanol–water partition coefficient (Wildman–Crippen LogP) is 3.37. The minimum atomic E-state index is -0.393. The van der Waals surface area contributed by atoms with Crippen LogP contribution in [0.15, 0.2) is 0 Å². The highest BCUT2D eigenvalue weighted by molar-refractivity contribution is 5.76. The maximum Gasteiger partial charge on any atom is 0.222 e. The molecular formula is C18H35NO3. The Labute approximate surface area is 136 Å². The van der Waals surface area contributed by atoms with Crippen LogP contribution in [-0.4, -0.2) is 47.3 Å². The van der Waals surface area contributed by atoms with Gasteiger partial charge in [-0.3, -0.25) is 4.79 Å². The number of amides is 1. The summed E-state index contributed by atoms with van der Waals surface area (Å²) in [5.41, 5.74) is 0. The Morgan fingerprint density at radius 3 is 2.50 bits per heavy atom. The van der Waals surface area contributed by atoms with E-state index >= 15 is 0 Å². The third kappa shape index (κ3) is 7.59. The number of unbranched alkanes of at least 4 members (excludes halogenated alkanes) is 3. The van der Waals surface area contributed by atoms with Gasteiger partial charge in [0.25, 0.3) is 0 Å². The SMILES string of the molecule is CC(C)CCCCCCC(=O)N1C[C@@H](O)C[C@H]1COC(C)C. The second-order valence-electron chi connectivity index (χ2n) is 7.32. The van der Waals surface area contributed by atoms with Crippen LogP contribution in [0.2, 0.25) is 0 Å². The van der Waals surface area contributed by atoms with Gasteiger partial charge in [0, 0.05) is 13.0 Å². The highest BCUT2D eigenvalue weighted by atomic mass is 16.5. The molecule has 2 atom stereocenters. The molecule has 1 aliphatic heterocycles. The van der Waals surface area contributed by atoms with Crippen molar-refractivity contribution >= 4 is 5.91 Å². The molecule has 4 nitrogen and oxygen atoms in total. The second-order valence-corrected chi connectivity index (χ2v) is 7.32. The van der Waals surface area contributed by atoms with E-state index in [-0.39, 0.29) is 18.1 Å². The summed E-state index contributed by atoms with van der Waals surface area (Å²) in [4.78, 5) is 14.2. The van der Waals surface area contributed by atoms with E-state index in [0.29, 0.717) is 26.0 Å². The Balaban J connectivity index is 2.24. The molecule has 0 unspecified atom stereocenters. The summed E-state index contributed by atoms with van der Waals surface area (Å²) in [5.74, 6) is 0.951. The number of carbonyl (C=O) groups is 1. The van der Waals surface area contributed by atoms with Gasteiger partial charge >= 0.3 is 0 Å². The Kier molecular flexibility index (Phi) is 9.03. The first-order valence-corrected chi connectivity index (χ1v) is 8.99. The van der Waals surface area contributed by atoms with Crippen molar-refractivity contribution in [3.63, 3.8) is 0 Å². The van der Waals surface area contributed by atoms with E-state index in [1.807, 2.05) is 18.7 Å². The van der Waals surface area contributed by atoms with Gasteiger partial charge < -0.3 is 14.7 Å². The van der Waals surface area contributed by atoms with E-state index in [2.05, 4.69) is 13.8 Å². The molecule has 0 bridgehead atoms. The Morgan fingerprint density at radius 1 is 1.18 bits per heavy atom. The number of nitrogens with zero attached hydrogens (tertiary/aromatic N) is 1. The van der Waals surface area contributed by atoms with E-state index < -0.39 is 6.10 Å². The molecule has 0 spiro atoms. The van der Waals surface area contributed by atoms with Crippen molar-refractivity contribution in [2.75, 3.05) is 13.2 Å². The summed E-state index contributed by atoms with van der Waals surface area (Å²) in [5, 5.41) is 9.83. The molecule has 4 heteroatoms. The molecular weight excluding hydrogens is 278 g/mol. The summed E-state index contributed by atoms with van der Waals surface area (Å²) in [6.45, 7) is 9.50. The Morgan fingerprint density at radius 2 is 1.86 bits per heavy atom. The first-order valence-electron chi connectivity index (χ1n) is 8.99. The zero-order chi connectivity index (χ0) is 16.5. The third-order valence-corrected chi connectivity index (χ3v) is 4.26. The maximum atomic E-state index is 12.3. The third-order valence-electron chi connectivity index (χ3n) is 4.26. The number of carbonyl (C=O) groups excluding carboxylic acids is 1. The van der Waals surface area contributed by atoms with Crippen LogP contribution in [0.3, 0.4) is 0 Å². The van der Waals surface area contributed by atoms with Gasteiger partial charge in [0.15, 0.2) is 0 Å². The van der Waals surface area contributed by atoms with Gasteiger partial charge in [0.2, 0.25) is 5.91 Å². The maximum absolute atomic E-state index is 12.3. The number of aliphatic hydroxyl groups is 1. The fourth-order valence-electron chi connectivity index (χ4n) is 2.98. The molecule has 1 aliphatic rings. The van der Waals surface area contributed by atoms with Gasteiger partial charge in [-0.2, -0.15) is 0 Å². The van der Waals surface area contributed by atoms with Gasteiger partial charge in [0.05, 0.1) is 24.9 Å². The number of ether oxygens (including phenoxy) is 1. The van der Waals surface area contributed by atoms with E-state index in [0.717, 1.165) is 18.8 Å². The molecule has 1 heterocycles. The van der Waals surface area contributed by atoms with Crippen LogP contribution in [0.4, 0.5) is 0 Å². The molecule has 1 saturated heterocycles. The van der Waals surface area contributed by atoms with Crippen LogP contribution < -0.4 is 0 Å². The zero-order valence-electron chi connectivity index (χ0n) is 14.9. The molecule has 1 amide bonds. The lowest BCUT2D eigenvalue weighted by atomic mass is 10.0. The largest absolute Gasteiger partial charge is 0.391 e. The number of hydrogen-bond acceptors (Lipinski definition) is 3. The van der Waals surface area contributed by atoms with Gasteiger partial charge in [-0.25, -0.2) is 0 Å². The van der Waals surface area contributed by atoms with Gasteiger partial charge in [0.1, 0.15) is 0 Å². The van der Waals surface area contributed by atoms with Gasteiger partial charge in [-0.1, -0.05) is 39.5 Å². The monoisotopic (exact) mass is 313 g/mol. The molecule has 0 aromatic rings. The summed E-state index contributed by atoms with van der Waals surface area (Å²) in [6, 6.07) is 0.0471.